The van der Waals surface area contributed by atoms with Gasteiger partial charge >= 0.3 is 0 Å². The summed E-state index contributed by atoms with van der Waals surface area (Å²) in [5.41, 5.74) is 0. The molecule has 1 aromatic rings. The second-order valence-electron chi connectivity index (χ2n) is 4.09. The van der Waals surface area contributed by atoms with E-state index < -0.39 is 11.0 Å². The molecule has 0 aliphatic rings. The van der Waals surface area contributed by atoms with Crippen molar-refractivity contribution in [2.75, 3.05) is 0 Å². The van der Waals surface area contributed by atoms with Gasteiger partial charge in [-0.1, -0.05) is 0 Å². The lowest BCUT2D eigenvalue weighted by molar-refractivity contribution is 0.448. The Morgan fingerprint density at radius 1 is 1.57 bits per heavy atom. The highest BCUT2D eigenvalue weighted by molar-refractivity contribution is 7.84. The zero-order chi connectivity index (χ0) is 10.8. The van der Waals surface area contributed by atoms with Crippen LogP contribution >= 0.6 is 0 Å². The van der Waals surface area contributed by atoms with E-state index in [9.17, 15) is 4.21 Å². The van der Waals surface area contributed by atoms with E-state index in [2.05, 4.69) is 9.71 Å². The van der Waals surface area contributed by atoms with Crippen LogP contribution in [0.15, 0.2) is 16.9 Å². The molecule has 80 valence electrons. The van der Waals surface area contributed by atoms with Crippen molar-refractivity contribution in [1.29, 1.82) is 0 Å². The molecule has 0 aromatic carbocycles. The van der Waals surface area contributed by atoms with Crippen LogP contribution in [-0.4, -0.2) is 13.9 Å². The van der Waals surface area contributed by atoms with Crippen molar-refractivity contribution in [2.24, 2.45) is 0 Å². The minimum absolute atomic E-state index is 0.134. The van der Waals surface area contributed by atoms with Gasteiger partial charge in [-0.15, -0.1) is 0 Å². The predicted octanol–water partition coefficient (Wildman–Crippen LogP) is 1.79. The summed E-state index contributed by atoms with van der Waals surface area (Å²) in [4.78, 5) is 3.99. The highest BCUT2D eigenvalue weighted by atomic mass is 32.2. The summed E-state index contributed by atoms with van der Waals surface area (Å²) in [7, 11) is -1.10. The standard InChI is InChI=1S/C9H16N2O2S/c1-7(8-10-5-6-13-8)11-14(12)9(2,3)4/h5-7,11H,1-4H3/t7-,14+/m0/s1. The lowest BCUT2D eigenvalue weighted by Gasteiger charge is -2.20. The number of rotatable bonds is 3. The third-order valence-electron chi connectivity index (χ3n) is 1.66. The maximum Gasteiger partial charge on any atom is 0.211 e. The number of oxazole rings is 1. The topological polar surface area (TPSA) is 55.1 Å². The monoisotopic (exact) mass is 216 g/mol. The van der Waals surface area contributed by atoms with Gasteiger partial charge in [0.25, 0.3) is 0 Å². The summed E-state index contributed by atoms with van der Waals surface area (Å²) in [6, 6.07) is -0.134. The van der Waals surface area contributed by atoms with Gasteiger partial charge in [0.2, 0.25) is 5.89 Å². The summed E-state index contributed by atoms with van der Waals surface area (Å²) < 4.78 is 19.5. The van der Waals surface area contributed by atoms with E-state index in [1.807, 2.05) is 27.7 Å². The SMILES string of the molecule is C[C@H](N[S@](=O)C(C)(C)C)c1ncco1. The minimum Gasteiger partial charge on any atom is -0.447 e. The number of aromatic nitrogens is 1. The second kappa shape index (κ2) is 4.23. The molecule has 0 spiro atoms. The third kappa shape index (κ3) is 2.92. The summed E-state index contributed by atoms with van der Waals surface area (Å²) in [5, 5.41) is 0. The van der Waals surface area contributed by atoms with E-state index >= 15 is 0 Å². The van der Waals surface area contributed by atoms with E-state index in [0.717, 1.165) is 0 Å². The van der Waals surface area contributed by atoms with Crippen LogP contribution in [0.25, 0.3) is 0 Å². The highest BCUT2D eigenvalue weighted by Crippen LogP contribution is 2.15. The van der Waals surface area contributed by atoms with Gasteiger partial charge < -0.3 is 4.42 Å². The molecule has 1 aromatic heterocycles. The van der Waals surface area contributed by atoms with E-state index in [0.29, 0.717) is 5.89 Å². The molecule has 0 unspecified atom stereocenters. The molecule has 2 atom stereocenters. The first-order valence-corrected chi connectivity index (χ1v) is 5.63. The van der Waals surface area contributed by atoms with Crippen LogP contribution in [-0.2, 0) is 11.0 Å². The molecule has 0 bridgehead atoms. The van der Waals surface area contributed by atoms with Crippen molar-refractivity contribution < 1.29 is 8.63 Å². The van der Waals surface area contributed by atoms with Crippen LogP contribution < -0.4 is 4.72 Å². The van der Waals surface area contributed by atoms with E-state index in [1.165, 1.54) is 6.26 Å². The zero-order valence-electron chi connectivity index (χ0n) is 8.90. The molecule has 1 N–H and O–H groups in total. The summed E-state index contributed by atoms with van der Waals surface area (Å²) in [6.45, 7) is 7.62. The van der Waals surface area contributed by atoms with Crippen molar-refractivity contribution in [2.45, 2.75) is 38.5 Å². The average molecular weight is 216 g/mol. The Balaban J connectivity index is 2.58. The lowest BCUT2D eigenvalue weighted by Crippen LogP contribution is -2.34. The molecule has 14 heavy (non-hydrogen) atoms. The quantitative estimate of drug-likeness (QED) is 0.838. The Labute approximate surface area is 86.7 Å². The molecule has 0 radical (unpaired) electrons. The molecule has 5 heteroatoms. The van der Waals surface area contributed by atoms with E-state index in [1.54, 1.807) is 6.20 Å². The fourth-order valence-corrected chi connectivity index (χ4v) is 1.61. The first-order chi connectivity index (χ1) is 6.41. The van der Waals surface area contributed by atoms with E-state index in [4.69, 9.17) is 4.42 Å². The first kappa shape index (κ1) is 11.4. The normalized spacial score (nSPS) is 16.6. The van der Waals surface area contributed by atoms with Crippen molar-refractivity contribution in [3.8, 4) is 0 Å². The van der Waals surface area contributed by atoms with Crippen molar-refractivity contribution in [3.63, 3.8) is 0 Å². The van der Waals surface area contributed by atoms with Crippen LogP contribution in [0.4, 0.5) is 0 Å². The highest BCUT2D eigenvalue weighted by Gasteiger charge is 2.22. The summed E-state index contributed by atoms with van der Waals surface area (Å²) >= 11 is 0. The van der Waals surface area contributed by atoms with Gasteiger partial charge in [0.15, 0.2) is 0 Å². The second-order valence-corrected chi connectivity index (χ2v) is 6.09. The van der Waals surface area contributed by atoms with Crippen LogP contribution in [0, 0.1) is 0 Å². The Kier molecular flexibility index (Phi) is 3.44. The number of nitrogens with one attached hydrogen (secondary N) is 1. The molecule has 0 saturated carbocycles. The average Bonchev–Trinajstić information content (AvgIpc) is 2.53. The molecule has 1 heterocycles. The summed E-state index contributed by atoms with van der Waals surface area (Å²) in [5.74, 6) is 0.558. The summed E-state index contributed by atoms with van der Waals surface area (Å²) in [6.07, 6.45) is 3.08. The Hall–Kier alpha value is -0.680. The maximum absolute atomic E-state index is 11.7. The fraction of sp³-hybridized carbons (Fsp3) is 0.667. The molecule has 0 amide bonds. The van der Waals surface area contributed by atoms with Crippen LogP contribution in [0.5, 0.6) is 0 Å². The van der Waals surface area contributed by atoms with Crippen molar-refractivity contribution in [1.82, 2.24) is 9.71 Å². The molecular weight excluding hydrogens is 200 g/mol. The molecule has 0 fully saturated rings. The van der Waals surface area contributed by atoms with Crippen LogP contribution in [0.2, 0.25) is 0 Å². The van der Waals surface area contributed by atoms with Gasteiger partial charge in [0, 0.05) is 0 Å². The Bertz CT molecular complexity index is 303. The number of hydrogen-bond acceptors (Lipinski definition) is 3. The number of nitrogens with zero attached hydrogens (tertiary/aromatic N) is 1. The third-order valence-corrected chi connectivity index (χ3v) is 3.34. The molecule has 0 aliphatic heterocycles. The van der Waals surface area contributed by atoms with Crippen molar-refractivity contribution in [3.05, 3.63) is 18.4 Å². The molecule has 1 rings (SSSR count). The predicted molar refractivity (Wildman–Crippen MR) is 55.9 cm³/mol. The Morgan fingerprint density at radius 3 is 2.64 bits per heavy atom. The van der Waals surface area contributed by atoms with Gasteiger partial charge in [-0.25, -0.2) is 13.9 Å². The maximum atomic E-state index is 11.7. The smallest absolute Gasteiger partial charge is 0.211 e. The van der Waals surface area contributed by atoms with Crippen molar-refractivity contribution >= 4 is 11.0 Å². The van der Waals surface area contributed by atoms with Gasteiger partial charge in [-0.3, -0.25) is 0 Å². The van der Waals surface area contributed by atoms with Gasteiger partial charge in [-0.05, 0) is 27.7 Å². The van der Waals surface area contributed by atoms with Gasteiger partial charge in [0.05, 0.1) is 28.0 Å². The number of hydrogen-bond donors (Lipinski definition) is 1. The largest absolute Gasteiger partial charge is 0.447 e. The van der Waals surface area contributed by atoms with Crippen LogP contribution in [0.1, 0.15) is 39.6 Å². The molecule has 4 nitrogen and oxygen atoms in total. The molecule has 0 aliphatic carbocycles. The van der Waals surface area contributed by atoms with Gasteiger partial charge in [-0.2, -0.15) is 0 Å². The first-order valence-electron chi connectivity index (χ1n) is 4.48. The Morgan fingerprint density at radius 2 is 2.21 bits per heavy atom. The zero-order valence-corrected chi connectivity index (χ0v) is 9.72. The minimum atomic E-state index is -1.10. The van der Waals surface area contributed by atoms with Crippen LogP contribution in [0.3, 0.4) is 0 Å². The van der Waals surface area contributed by atoms with Gasteiger partial charge in [0.1, 0.15) is 6.26 Å². The lowest BCUT2D eigenvalue weighted by atomic mass is 10.3. The fourth-order valence-electron chi connectivity index (χ4n) is 0.836. The van der Waals surface area contributed by atoms with E-state index in [-0.39, 0.29) is 10.8 Å². The molecule has 0 saturated heterocycles. The molecular formula is C9H16N2O2S.